The van der Waals surface area contributed by atoms with Gasteiger partial charge >= 0.3 is 0 Å². The molecule has 0 saturated heterocycles. The summed E-state index contributed by atoms with van der Waals surface area (Å²) in [4.78, 5) is 0.991. The molecule has 1 aromatic rings. The first kappa shape index (κ1) is 14.2. The van der Waals surface area contributed by atoms with E-state index >= 15 is 0 Å². The van der Waals surface area contributed by atoms with Crippen LogP contribution in [-0.2, 0) is 0 Å². The Hall–Kier alpha value is -0.910. The number of hydrogen-bond acceptors (Lipinski definition) is 5. The van der Waals surface area contributed by atoms with E-state index in [0.29, 0.717) is 12.3 Å². The van der Waals surface area contributed by atoms with Crippen molar-refractivity contribution in [3.63, 3.8) is 0 Å². The van der Waals surface area contributed by atoms with Crippen LogP contribution in [0.1, 0.15) is 11.7 Å². The number of benzene rings is 1. The number of likely N-dealkylation sites (N-methyl/N-ethyl adjacent to an activating group) is 1. The molecule has 0 aliphatic rings. The highest BCUT2D eigenvalue weighted by atomic mass is 32.2. The summed E-state index contributed by atoms with van der Waals surface area (Å²) in [6.07, 6.45) is 1.36. The predicted octanol–water partition coefficient (Wildman–Crippen LogP) is 1.68. The van der Waals surface area contributed by atoms with Crippen LogP contribution in [0.2, 0.25) is 0 Å². The minimum atomic E-state index is -0.611. The number of aliphatic hydroxyl groups is 1. The number of methoxy groups -OCH3 is 2. The number of thioether (sulfide) groups is 1. The lowest BCUT2D eigenvalue weighted by atomic mass is 10.1. The molecule has 1 aromatic carbocycles. The third-order valence-electron chi connectivity index (χ3n) is 2.49. The topological polar surface area (TPSA) is 50.7 Å². The van der Waals surface area contributed by atoms with E-state index < -0.39 is 6.10 Å². The average molecular weight is 257 g/mol. The number of nitrogens with one attached hydrogen (secondary N) is 1. The van der Waals surface area contributed by atoms with Gasteiger partial charge in [-0.05, 0) is 25.4 Å². The molecule has 2 N–H and O–H groups in total. The zero-order valence-corrected chi connectivity index (χ0v) is 11.4. The molecule has 96 valence electrons. The fourth-order valence-corrected chi connectivity index (χ4v) is 2.18. The van der Waals surface area contributed by atoms with Crippen molar-refractivity contribution >= 4 is 11.8 Å². The molecule has 1 rings (SSSR count). The molecule has 0 heterocycles. The van der Waals surface area contributed by atoms with E-state index in [9.17, 15) is 5.11 Å². The molecule has 17 heavy (non-hydrogen) atoms. The summed E-state index contributed by atoms with van der Waals surface area (Å²) >= 11 is 1.58. The van der Waals surface area contributed by atoms with Gasteiger partial charge in [0.25, 0.3) is 0 Å². The molecule has 1 unspecified atom stereocenters. The van der Waals surface area contributed by atoms with Crippen molar-refractivity contribution in [1.82, 2.24) is 5.32 Å². The molecule has 0 radical (unpaired) electrons. The van der Waals surface area contributed by atoms with Gasteiger partial charge < -0.3 is 19.9 Å². The van der Waals surface area contributed by atoms with Crippen LogP contribution in [0, 0.1) is 0 Å². The molecule has 1 atom stereocenters. The summed E-state index contributed by atoms with van der Waals surface area (Å²) in [5.41, 5.74) is 0.733. The molecular weight excluding hydrogens is 238 g/mol. The summed E-state index contributed by atoms with van der Waals surface area (Å²) in [6, 6.07) is 3.71. The Morgan fingerprint density at radius 3 is 2.41 bits per heavy atom. The van der Waals surface area contributed by atoms with Crippen molar-refractivity contribution in [2.45, 2.75) is 11.0 Å². The molecule has 0 bridgehead atoms. The number of hydrogen-bond donors (Lipinski definition) is 2. The third kappa shape index (κ3) is 3.28. The summed E-state index contributed by atoms with van der Waals surface area (Å²) in [5, 5.41) is 12.9. The Labute approximate surface area is 106 Å². The van der Waals surface area contributed by atoms with E-state index in [2.05, 4.69) is 5.32 Å². The van der Waals surface area contributed by atoms with Crippen LogP contribution in [0.25, 0.3) is 0 Å². The van der Waals surface area contributed by atoms with Gasteiger partial charge in [0.05, 0.1) is 25.2 Å². The lowest BCUT2D eigenvalue weighted by Gasteiger charge is -2.17. The van der Waals surface area contributed by atoms with Gasteiger partial charge in [-0.3, -0.25) is 0 Å². The molecule has 0 aromatic heterocycles. The number of aliphatic hydroxyl groups excluding tert-OH is 1. The first-order chi connectivity index (χ1) is 8.17. The minimum absolute atomic E-state index is 0.470. The van der Waals surface area contributed by atoms with Crippen molar-refractivity contribution in [3.8, 4) is 11.5 Å². The van der Waals surface area contributed by atoms with Gasteiger partial charge in [-0.25, -0.2) is 0 Å². The van der Waals surface area contributed by atoms with Crippen LogP contribution in [0.5, 0.6) is 11.5 Å². The Kier molecular flexibility index (Phi) is 5.61. The van der Waals surface area contributed by atoms with Crippen molar-refractivity contribution in [3.05, 3.63) is 17.7 Å². The Bertz CT molecular complexity index is 371. The second-order valence-corrected chi connectivity index (χ2v) is 4.37. The SMILES string of the molecule is CNCC(O)c1cc(OC)c(SC)cc1OC. The highest BCUT2D eigenvalue weighted by Gasteiger charge is 2.16. The standard InChI is InChI=1S/C12H19NO3S/c1-13-7-9(14)8-5-11(16-3)12(17-4)6-10(8)15-2/h5-6,9,13-14H,7H2,1-4H3. The van der Waals surface area contributed by atoms with Gasteiger partial charge in [-0.15, -0.1) is 11.8 Å². The first-order valence-electron chi connectivity index (χ1n) is 5.30. The van der Waals surface area contributed by atoms with E-state index in [0.717, 1.165) is 16.2 Å². The van der Waals surface area contributed by atoms with Gasteiger partial charge in [-0.1, -0.05) is 0 Å². The average Bonchev–Trinajstić information content (AvgIpc) is 2.37. The number of ether oxygens (including phenoxy) is 2. The van der Waals surface area contributed by atoms with Crippen LogP contribution in [0.3, 0.4) is 0 Å². The van der Waals surface area contributed by atoms with Gasteiger partial charge in [0.15, 0.2) is 0 Å². The summed E-state index contributed by atoms with van der Waals surface area (Å²) in [6.45, 7) is 0.470. The molecule has 0 aliphatic heterocycles. The van der Waals surface area contributed by atoms with E-state index in [1.807, 2.05) is 18.4 Å². The zero-order valence-electron chi connectivity index (χ0n) is 10.6. The Morgan fingerprint density at radius 1 is 1.29 bits per heavy atom. The van der Waals surface area contributed by atoms with Crippen LogP contribution in [0.15, 0.2) is 17.0 Å². The molecular formula is C12H19NO3S. The molecule has 0 spiro atoms. The van der Waals surface area contributed by atoms with Crippen molar-refractivity contribution in [2.24, 2.45) is 0 Å². The molecule has 0 saturated carbocycles. The van der Waals surface area contributed by atoms with Crippen LogP contribution < -0.4 is 14.8 Å². The molecule has 4 nitrogen and oxygen atoms in total. The van der Waals surface area contributed by atoms with Crippen LogP contribution >= 0.6 is 11.8 Å². The highest BCUT2D eigenvalue weighted by Crippen LogP contribution is 2.36. The fraction of sp³-hybridized carbons (Fsp3) is 0.500. The first-order valence-corrected chi connectivity index (χ1v) is 6.53. The highest BCUT2D eigenvalue weighted by molar-refractivity contribution is 7.98. The quantitative estimate of drug-likeness (QED) is 0.759. The lowest BCUT2D eigenvalue weighted by molar-refractivity contribution is 0.173. The van der Waals surface area contributed by atoms with E-state index in [4.69, 9.17) is 9.47 Å². The van der Waals surface area contributed by atoms with Gasteiger partial charge in [0.1, 0.15) is 11.5 Å². The van der Waals surface area contributed by atoms with E-state index in [1.54, 1.807) is 33.0 Å². The third-order valence-corrected chi connectivity index (χ3v) is 3.25. The monoisotopic (exact) mass is 257 g/mol. The summed E-state index contributed by atoms with van der Waals surface area (Å²) in [5.74, 6) is 1.43. The van der Waals surface area contributed by atoms with Gasteiger partial charge in [0.2, 0.25) is 0 Å². The molecule has 0 aliphatic carbocycles. The summed E-state index contributed by atoms with van der Waals surface area (Å²) < 4.78 is 10.6. The van der Waals surface area contributed by atoms with Crippen molar-refractivity contribution in [2.75, 3.05) is 34.1 Å². The minimum Gasteiger partial charge on any atom is -0.496 e. The van der Waals surface area contributed by atoms with Crippen molar-refractivity contribution < 1.29 is 14.6 Å². The van der Waals surface area contributed by atoms with E-state index in [1.165, 1.54) is 0 Å². The second-order valence-electron chi connectivity index (χ2n) is 3.52. The van der Waals surface area contributed by atoms with E-state index in [-0.39, 0.29) is 0 Å². The zero-order chi connectivity index (χ0) is 12.8. The lowest BCUT2D eigenvalue weighted by Crippen LogP contribution is -2.17. The Morgan fingerprint density at radius 2 is 1.94 bits per heavy atom. The van der Waals surface area contributed by atoms with Gasteiger partial charge in [0, 0.05) is 12.1 Å². The fourth-order valence-electron chi connectivity index (χ4n) is 1.62. The second kappa shape index (κ2) is 6.74. The molecule has 0 amide bonds. The van der Waals surface area contributed by atoms with Gasteiger partial charge in [-0.2, -0.15) is 0 Å². The maximum Gasteiger partial charge on any atom is 0.133 e. The molecule has 5 heteroatoms. The normalized spacial score (nSPS) is 12.3. The van der Waals surface area contributed by atoms with Crippen molar-refractivity contribution in [1.29, 1.82) is 0 Å². The summed E-state index contributed by atoms with van der Waals surface area (Å²) in [7, 11) is 5.01. The maximum absolute atomic E-state index is 10.0. The maximum atomic E-state index is 10.0. The van der Waals surface area contributed by atoms with Crippen LogP contribution in [-0.4, -0.2) is 39.2 Å². The Balaban J connectivity index is 3.18. The van der Waals surface area contributed by atoms with Crippen LogP contribution in [0.4, 0.5) is 0 Å². The predicted molar refractivity (Wildman–Crippen MR) is 70.2 cm³/mol. The smallest absolute Gasteiger partial charge is 0.133 e. The molecule has 0 fully saturated rings. The largest absolute Gasteiger partial charge is 0.496 e. The number of rotatable bonds is 6.